The number of morpholine rings is 1. The summed E-state index contributed by atoms with van der Waals surface area (Å²) in [6.45, 7) is 2.49. The molecule has 0 radical (unpaired) electrons. The Morgan fingerprint density at radius 1 is 1.12 bits per heavy atom. The Morgan fingerprint density at radius 3 is 2.48 bits per heavy atom. The van der Waals surface area contributed by atoms with E-state index in [-0.39, 0.29) is 10.8 Å². The summed E-state index contributed by atoms with van der Waals surface area (Å²) in [5.41, 5.74) is 1.17. The molecule has 2 heterocycles. The van der Waals surface area contributed by atoms with Gasteiger partial charge in [-0.3, -0.25) is 9.69 Å². The highest BCUT2D eigenvalue weighted by atomic mass is 35.5. The van der Waals surface area contributed by atoms with Gasteiger partial charge in [-0.25, -0.2) is 13.4 Å². The second-order valence-corrected chi connectivity index (χ2v) is 11.3. The van der Waals surface area contributed by atoms with Crippen molar-refractivity contribution in [2.75, 3.05) is 58.4 Å². The zero-order chi connectivity index (χ0) is 23.6. The van der Waals surface area contributed by atoms with E-state index in [0.29, 0.717) is 55.1 Å². The molecule has 0 saturated carbocycles. The Kier molecular flexibility index (Phi) is 7.32. The van der Waals surface area contributed by atoms with Crippen LogP contribution in [0.3, 0.4) is 0 Å². The summed E-state index contributed by atoms with van der Waals surface area (Å²) in [6, 6.07) is 11.5. The van der Waals surface area contributed by atoms with Gasteiger partial charge in [0, 0.05) is 36.8 Å². The fraction of sp³-hybridized carbons (Fsp3) is 0.364. The van der Waals surface area contributed by atoms with Crippen molar-refractivity contribution in [1.82, 2.24) is 14.2 Å². The van der Waals surface area contributed by atoms with Crippen LogP contribution >= 0.6 is 22.9 Å². The number of sulfonamides is 1. The normalized spacial score (nSPS) is 15.3. The molecule has 0 unspecified atom stereocenters. The SMILES string of the molecule is CN(C)CCN(C(=O)c1ccc(S(=O)(=O)N2CCOCC2)cc1)c1nc2ccc(Cl)cc2s1. The number of nitrogens with zero attached hydrogens (tertiary/aromatic N) is 4. The third kappa shape index (κ3) is 5.37. The van der Waals surface area contributed by atoms with Gasteiger partial charge in [0.1, 0.15) is 0 Å². The van der Waals surface area contributed by atoms with Crippen LogP contribution in [0.5, 0.6) is 0 Å². The standard InChI is InChI=1S/C22H25ClN4O4S2/c1-25(2)9-10-27(22-24-19-8-5-17(23)15-20(19)32-22)21(28)16-3-6-18(7-4-16)33(29,30)26-11-13-31-14-12-26/h3-8,15H,9-14H2,1-2H3. The quantitative estimate of drug-likeness (QED) is 0.487. The first-order valence-corrected chi connectivity index (χ1v) is 13.1. The third-order valence-electron chi connectivity index (χ3n) is 5.30. The van der Waals surface area contributed by atoms with Gasteiger partial charge in [-0.2, -0.15) is 4.31 Å². The van der Waals surface area contributed by atoms with Crippen LogP contribution in [0.4, 0.5) is 5.13 Å². The van der Waals surface area contributed by atoms with Crippen LogP contribution in [-0.2, 0) is 14.8 Å². The van der Waals surface area contributed by atoms with Crippen molar-refractivity contribution in [1.29, 1.82) is 0 Å². The fourth-order valence-corrected chi connectivity index (χ4v) is 6.12. The van der Waals surface area contributed by atoms with Crippen LogP contribution in [0.25, 0.3) is 10.2 Å². The highest BCUT2D eigenvalue weighted by molar-refractivity contribution is 7.89. The maximum absolute atomic E-state index is 13.4. The average Bonchev–Trinajstić information content (AvgIpc) is 3.22. The van der Waals surface area contributed by atoms with E-state index in [1.807, 2.05) is 31.1 Å². The van der Waals surface area contributed by atoms with Gasteiger partial charge in [0.25, 0.3) is 5.91 Å². The number of carbonyl (C=O) groups excluding carboxylic acids is 1. The lowest BCUT2D eigenvalue weighted by Gasteiger charge is -2.26. The summed E-state index contributed by atoms with van der Waals surface area (Å²) in [5, 5.41) is 1.19. The maximum Gasteiger partial charge on any atom is 0.260 e. The number of hydrogen-bond acceptors (Lipinski definition) is 7. The summed E-state index contributed by atoms with van der Waals surface area (Å²) in [5.74, 6) is -0.239. The molecule has 1 amide bonds. The monoisotopic (exact) mass is 508 g/mol. The molecule has 11 heteroatoms. The molecule has 1 fully saturated rings. The molecule has 1 saturated heterocycles. The summed E-state index contributed by atoms with van der Waals surface area (Å²) in [7, 11) is 0.252. The predicted molar refractivity (Wildman–Crippen MR) is 131 cm³/mol. The molecule has 0 bridgehead atoms. The molecule has 2 aromatic carbocycles. The number of fused-ring (bicyclic) bond motifs is 1. The van der Waals surface area contributed by atoms with E-state index < -0.39 is 10.0 Å². The number of carbonyl (C=O) groups is 1. The van der Waals surface area contributed by atoms with E-state index >= 15 is 0 Å². The predicted octanol–water partition coefficient (Wildman–Crippen LogP) is 3.18. The van der Waals surface area contributed by atoms with Gasteiger partial charge < -0.3 is 9.64 Å². The Hall–Kier alpha value is -2.08. The van der Waals surface area contributed by atoms with Crippen molar-refractivity contribution >= 4 is 54.2 Å². The summed E-state index contributed by atoms with van der Waals surface area (Å²) < 4.78 is 33.3. The number of halogens is 1. The van der Waals surface area contributed by atoms with Gasteiger partial charge in [-0.05, 0) is 56.6 Å². The molecule has 8 nitrogen and oxygen atoms in total. The Bertz CT molecular complexity index is 1240. The molecule has 0 aliphatic carbocycles. The molecule has 1 aliphatic rings. The Balaban J connectivity index is 1.61. The lowest BCUT2D eigenvalue weighted by atomic mass is 10.2. The van der Waals surface area contributed by atoms with E-state index in [9.17, 15) is 13.2 Å². The maximum atomic E-state index is 13.4. The molecule has 176 valence electrons. The zero-order valence-corrected chi connectivity index (χ0v) is 20.8. The number of benzene rings is 2. The number of amides is 1. The topological polar surface area (TPSA) is 83.1 Å². The number of anilines is 1. The number of thiazole rings is 1. The van der Waals surface area contributed by atoms with Gasteiger partial charge in [0.05, 0.1) is 28.3 Å². The number of ether oxygens (including phenoxy) is 1. The number of aromatic nitrogens is 1. The third-order valence-corrected chi connectivity index (χ3v) is 8.48. The Morgan fingerprint density at radius 2 is 1.82 bits per heavy atom. The highest BCUT2D eigenvalue weighted by Crippen LogP contribution is 2.31. The lowest BCUT2D eigenvalue weighted by Crippen LogP contribution is -2.40. The molecule has 0 atom stereocenters. The number of rotatable bonds is 7. The molecule has 0 N–H and O–H groups in total. The average molecular weight is 509 g/mol. The molecule has 3 aromatic rings. The lowest BCUT2D eigenvalue weighted by molar-refractivity contribution is 0.0730. The van der Waals surface area contributed by atoms with E-state index in [4.69, 9.17) is 16.3 Å². The van der Waals surface area contributed by atoms with Crippen LogP contribution in [0.2, 0.25) is 5.02 Å². The second-order valence-electron chi connectivity index (χ2n) is 7.91. The molecular formula is C22H25ClN4O4S2. The van der Waals surface area contributed by atoms with Crippen LogP contribution < -0.4 is 4.90 Å². The minimum Gasteiger partial charge on any atom is -0.379 e. The van der Waals surface area contributed by atoms with Crippen LogP contribution in [0.1, 0.15) is 10.4 Å². The smallest absolute Gasteiger partial charge is 0.260 e. The van der Waals surface area contributed by atoms with Crippen LogP contribution in [0.15, 0.2) is 47.4 Å². The summed E-state index contributed by atoms with van der Waals surface area (Å²) in [4.78, 5) is 21.8. The van der Waals surface area contributed by atoms with Crippen LogP contribution in [0, 0.1) is 0 Å². The summed E-state index contributed by atoms with van der Waals surface area (Å²) in [6.07, 6.45) is 0. The fourth-order valence-electron chi connectivity index (χ4n) is 3.45. The molecule has 33 heavy (non-hydrogen) atoms. The minimum absolute atomic E-state index is 0.162. The van der Waals surface area contributed by atoms with Gasteiger partial charge >= 0.3 is 0 Å². The van der Waals surface area contributed by atoms with Crippen molar-refractivity contribution in [2.45, 2.75) is 4.90 Å². The van der Waals surface area contributed by atoms with Crippen LogP contribution in [-0.4, -0.2) is 82.0 Å². The first-order chi connectivity index (χ1) is 15.8. The van der Waals surface area contributed by atoms with Crippen molar-refractivity contribution in [3.63, 3.8) is 0 Å². The largest absolute Gasteiger partial charge is 0.379 e. The van der Waals surface area contributed by atoms with Gasteiger partial charge in [-0.1, -0.05) is 22.9 Å². The zero-order valence-electron chi connectivity index (χ0n) is 18.4. The van der Waals surface area contributed by atoms with Gasteiger partial charge in [0.15, 0.2) is 5.13 Å². The Labute approximate surface area is 202 Å². The first kappa shape index (κ1) is 24.1. The van der Waals surface area contributed by atoms with Crippen molar-refractivity contribution in [3.05, 3.63) is 53.1 Å². The van der Waals surface area contributed by atoms with E-state index in [1.165, 1.54) is 27.8 Å². The first-order valence-electron chi connectivity index (χ1n) is 10.5. The van der Waals surface area contributed by atoms with Crippen molar-refractivity contribution in [3.8, 4) is 0 Å². The number of hydrogen-bond donors (Lipinski definition) is 0. The van der Waals surface area contributed by atoms with Crippen molar-refractivity contribution in [2.24, 2.45) is 0 Å². The van der Waals surface area contributed by atoms with Gasteiger partial charge in [-0.15, -0.1) is 0 Å². The van der Waals surface area contributed by atoms with Crippen molar-refractivity contribution < 1.29 is 17.9 Å². The molecule has 0 spiro atoms. The minimum atomic E-state index is -3.62. The molecule has 1 aliphatic heterocycles. The van der Waals surface area contributed by atoms with E-state index in [2.05, 4.69) is 4.98 Å². The summed E-state index contributed by atoms with van der Waals surface area (Å²) >= 11 is 7.51. The molecule has 4 rings (SSSR count). The van der Waals surface area contributed by atoms with E-state index in [1.54, 1.807) is 23.1 Å². The second kappa shape index (κ2) is 10.0. The number of likely N-dealkylation sites (N-methyl/N-ethyl adjacent to an activating group) is 1. The molecule has 1 aromatic heterocycles. The van der Waals surface area contributed by atoms with E-state index in [0.717, 1.165) is 10.2 Å². The highest BCUT2D eigenvalue weighted by Gasteiger charge is 2.27. The molecular weight excluding hydrogens is 484 g/mol. The van der Waals surface area contributed by atoms with Gasteiger partial charge in [0.2, 0.25) is 10.0 Å².